The van der Waals surface area contributed by atoms with Crippen LogP contribution in [0.3, 0.4) is 0 Å². The van der Waals surface area contributed by atoms with Crippen LogP contribution < -0.4 is 5.32 Å². The molecule has 0 saturated carbocycles. The molecule has 0 saturated heterocycles. The minimum absolute atomic E-state index is 0.120. The van der Waals surface area contributed by atoms with Gasteiger partial charge < -0.3 is 9.15 Å². The van der Waals surface area contributed by atoms with Gasteiger partial charge in [-0.05, 0) is 37.3 Å². The average molecular weight is 341 g/mol. The average Bonchev–Trinajstić information content (AvgIpc) is 3.01. The van der Waals surface area contributed by atoms with E-state index in [2.05, 4.69) is 10.3 Å². The van der Waals surface area contributed by atoms with Crippen LogP contribution in [-0.2, 0) is 11.3 Å². The van der Waals surface area contributed by atoms with Gasteiger partial charge in [-0.15, -0.1) is 0 Å². The third-order valence-electron chi connectivity index (χ3n) is 2.64. The number of nitrogens with one attached hydrogen (secondary N) is 1. The van der Waals surface area contributed by atoms with Crippen molar-refractivity contribution in [2.75, 3.05) is 6.61 Å². The Balaban J connectivity index is 2.07. The van der Waals surface area contributed by atoms with Crippen molar-refractivity contribution in [3.8, 4) is 0 Å². The molecule has 1 amide bonds. The lowest BCUT2D eigenvalue weighted by atomic mass is 10.2. The first-order valence-electron chi connectivity index (χ1n) is 6.56. The summed E-state index contributed by atoms with van der Waals surface area (Å²) >= 11 is 11.7. The van der Waals surface area contributed by atoms with E-state index in [1.54, 1.807) is 37.5 Å². The molecule has 0 unspecified atom stereocenters. The Morgan fingerprint density at radius 2 is 2.14 bits per heavy atom. The second-order valence-corrected chi connectivity index (χ2v) is 5.03. The number of amidine groups is 1. The van der Waals surface area contributed by atoms with Gasteiger partial charge in [0, 0.05) is 5.56 Å². The zero-order valence-corrected chi connectivity index (χ0v) is 13.3. The smallest absolute Gasteiger partial charge is 0.292 e. The Kier molecular flexibility index (Phi) is 5.86. The molecular weight excluding hydrogens is 327 g/mol. The van der Waals surface area contributed by atoms with Gasteiger partial charge in [0.05, 0.1) is 22.9 Å². The quantitative estimate of drug-likeness (QED) is 0.677. The van der Waals surface area contributed by atoms with Crippen molar-refractivity contribution in [2.24, 2.45) is 4.99 Å². The summed E-state index contributed by atoms with van der Waals surface area (Å²) in [5.41, 5.74) is 0.361. The standard InChI is InChI=1S/C15H14Cl2N2O3/c1-2-21-15(18-9-11-4-3-7-22-11)19-14(20)10-5-6-12(16)13(17)8-10/h3-8H,2,9H2,1H3,(H,18,19,20). The van der Waals surface area contributed by atoms with E-state index in [0.29, 0.717) is 28.0 Å². The van der Waals surface area contributed by atoms with E-state index < -0.39 is 0 Å². The molecule has 2 rings (SSSR count). The summed E-state index contributed by atoms with van der Waals surface area (Å²) in [4.78, 5) is 16.3. The van der Waals surface area contributed by atoms with Crippen LogP contribution in [0.15, 0.2) is 46.0 Å². The number of carbonyl (C=O) groups is 1. The van der Waals surface area contributed by atoms with E-state index in [0.717, 1.165) is 0 Å². The lowest BCUT2D eigenvalue weighted by Crippen LogP contribution is -2.32. The molecule has 0 fully saturated rings. The van der Waals surface area contributed by atoms with Gasteiger partial charge in [-0.25, -0.2) is 4.99 Å². The normalized spacial score (nSPS) is 11.3. The first kappa shape index (κ1) is 16.4. The summed E-state index contributed by atoms with van der Waals surface area (Å²) in [7, 11) is 0. The van der Waals surface area contributed by atoms with Crippen LogP contribution >= 0.6 is 23.2 Å². The maximum atomic E-state index is 12.2. The van der Waals surface area contributed by atoms with Crippen molar-refractivity contribution < 1.29 is 13.9 Å². The maximum Gasteiger partial charge on any atom is 0.292 e. The number of ether oxygens (including phenoxy) is 1. The minimum atomic E-state index is -0.384. The number of halogens is 2. The van der Waals surface area contributed by atoms with Crippen LogP contribution in [0.2, 0.25) is 10.0 Å². The van der Waals surface area contributed by atoms with E-state index in [1.807, 2.05) is 0 Å². The zero-order chi connectivity index (χ0) is 15.9. The zero-order valence-electron chi connectivity index (χ0n) is 11.8. The van der Waals surface area contributed by atoms with Crippen LogP contribution in [0.4, 0.5) is 0 Å². The van der Waals surface area contributed by atoms with Crippen LogP contribution in [0.5, 0.6) is 0 Å². The van der Waals surface area contributed by atoms with Gasteiger partial charge >= 0.3 is 0 Å². The van der Waals surface area contributed by atoms with E-state index in [-0.39, 0.29) is 18.5 Å². The first-order chi connectivity index (χ1) is 10.6. The fraction of sp³-hybridized carbons (Fsp3) is 0.200. The fourth-order valence-electron chi connectivity index (χ4n) is 1.62. The van der Waals surface area contributed by atoms with Gasteiger partial charge in [0.25, 0.3) is 11.9 Å². The van der Waals surface area contributed by atoms with Gasteiger partial charge in [-0.1, -0.05) is 23.2 Å². The highest BCUT2D eigenvalue weighted by Crippen LogP contribution is 2.22. The van der Waals surface area contributed by atoms with Crippen molar-refractivity contribution >= 4 is 35.1 Å². The topological polar surface area (TPSA) is 63.8 Å². The number of hydrogen-bond donors (Lipinski definition) is 1. The number of rotatable bonds is 4. The molecule has 0 atom stereocenters. The van der Waals surface area contributed by atoms with Crippen molar-refractivity contribution in [2.45, 2.75) is 13.5 Å². The number of nitrogens with zero attached hydrogens (tertiary/aromatic N) is 1. The van der Waals surface area contributed by atoms with Crippen molar-refractivity contribution in [3.63, 3.8) is 0 Å². The Bertz CT molecular complexity index is 669. The Morgan fingerprint density at radius 3 is 2.77 bits per heavy atom. The molecule has 1 aromatic heterocycles. The molecule has 7 heteroatoms. The molecule has 1 N–H and O–H groups in total. The summed E-state index contributed by atoms with van der Waals surface area (Å²) < 4.78 is 10.5. The lowest BCUT2D eigenvalue weighted by molar-refractivity contribution is 0.0966. The van der Waals surface area contributed by atoms with Gasteiger partial charge in [-0.3, -0.25) is 10.1 Å². The molecule has 0 bridgehead atoms. The number of benzene rings is 1. The number of hydrogen-bond acceptors (Lipinski definition) is 4. The summed E-state index contributed by atoms with van der Waals surface area (Å²) in [5.74, 6) is 0.284. The summed E-state index contributed by atoms with van der Waals surface area (Å²) in [6.07, 6.45) is 1.56. The molecule has 0 aliphatic carbocycles. The van der Waals surface area contributed by atoms with E-state index in [1.165, 1.54) is 6.07 Å². The summed E-state index contributed by atoms with van der Waals surface area (Å²) in [5, 5.41) is 3.28. The second-order valence-electron chi connectivity index (χ2n) is 4.22. The van der Waals surface area contributed by atoms with E-state index in [9.17, 15) is 4.79 Å². The lowest BCUT2D eigenvalue weighted by Gasteiger charge is -2.09. The third-order valence-corrected chi connectivity index (χ3v) is 3.38. The van der Waals surface area contributed by atoms with Crippen molar-refractivity contribution in [1.29, 1.82) is 0 Å². The SMILES string of the molecule is CCOC(=NCc1ccco1)NC(=O)c1ccc(Cl)c(Cl)c1. The maximum absolute atomic E-state index is 12.2. The predicted molar refractivity (Wildman–Crippen MR) is 85.4 cm³/mol. The third kappa shape index (κ3) is 4.51. The summed E-state index contributed by atoms with van der Waals surface area (Å²) in [6.45, 7) is 2.44. The molecule has 0 aliphatic heterocycles. The summed E-state index contributed by atoms with van der Waals surface area (Å²) in [6, 6.07) is 8.27. The van der Waals surface area contributed by atoms with E-state index in [4.69, 9.17) is 32.4 Å². The monoisotopic (exact) mass is 340 g/mol. The van der Waals surface area contributed by atoms with Gasteiger partial charge in [0.1, 0.15) is 12.3 Å². The molecule has 2 aromatic rings. The molecular formula is C15H14Cl2N2O3. The Labute approximate surface area is 137 Å². The highest BCUT2D eigenvalue weighted by atomic mass is 35.5. The van der Waals surface area contributed by atoms with Crippen LogP contribution in [-0.4, -0.2) is 18.5 Å². The first-order valence-corrected chi connectivity index (χ1v) is 7.31. The molecule has 0 spiro atoms. The minimum Gasteiger partial charge on any atom is -0.467 e. The molecule has 22 heavy (non-hydrogen) atoms. The van der Waals surface area contributed by atoms with Crippen LogP contribution in [0.25, 0.3) is 0 Å². The molecule has 0 aliphatic rings. The highest BCUT2D eigenvalue weighted by molar-refractivity contribution is 6.42. The molecule has 116 valence electrons. The molecule has 1 aromatic carbocycles. The molecule has 0 radical (unpaired) electrons. The van der Waals surface area contributed by atoms with Crippen LogP contribution in [0.1, 0.15) is 23.0 Å². The van der Waals surface area contributed by atoms with Crippen molar-refractivity contribution in [1.82, 2.24) is 5.32 Å². The number of aliphatic imine (C=N–C) groups is 1. The van der Waals surface area contributed by atoms with Gasteiger partial charge in [0.15, 0.2) is 0 Å². The van der Waals surface area contributed by atoms with Crippen molar-refractivity contribution in [3.05, 3.63) is 58.0 Å². The van der Waals surface area contributed by atoms with Crippen LogP contribution in [0, 0.1) is 0 Å². The predicted octanol–water partition coefficient (Wildman–Crippen LogP) is 3.91. The number of carbonyl (C=O) groups excluding carboxylic acids is 1. The van der Waals surface area contributed by atoms with E-state index >= 15 is 0 Å². The Hall–Kier alpha value is -1.98. The Morgan fingerprint density at radius 1 is 1.32 bits per heavy atom. The number of furan rings is 1. The molecule has 5 nitrogen and oxygen atoms in total. The molecule has 1 heterocycles. The van der Waals surface area contributed by atoms with Gasteiger partial charge in [0.2, 0.25) is 0 Å². The largest absolute Gasteiger partial charge is 0.467 e. The second kappa shape index (κ2) is 7.87. The highest BCUT2D eigenvalue weighted by Gasteiger charge is 2.11. The number of amides is 1. The van der Waals surface area contributed by atoms with Gasteiger partial charge in [-0.2, -0.15) is 0 Å². The fourth-order valence-corrected chi connectivity index (χ4v) is 1.91.